The van der Waals surface area contributed by atoms with Crippen LogP contribution < -0.4 is 5.32 Å². The van der Waals surface area contributed by atoms with Gasteiger partial charge in [0.05, 0.1) is 6.61 Å². The maximum atomic E-state index is 5.74. The van der Waals surface area contributed by atoms with Gasteiger partial charge in [-0.05, 0) is 57.5 Å². The van der Waals surface area contributed by atoms with Crippen molar-refractivity contribution in [2.45, 2.75) is 39.5 Å². The molecule has 1 aliphatic heterocycles. The van der Waals surface area contributed by atoms with Crippen LogP contribution in [0.4, 0.5) is 0 Å². The Hall–Kier alpha value is -0.810. The number of likely N-dealkylation sites (tertiary alicyclic amines) is 1. The minimum absolute atomic E-state index is 0.717. The average Bonchev–Trinajstić information content (AvgIpc) is 3.27. The fourth-order valence-corrected chi connectivity index (χ4v) is 3.11. The summed E-state index contributed by atoms with van der Waals surface area (Å²) in [5, 5.41) is 3.41. The third-order valence-corrected chi connectivity index (χ3v) is 4.73. The van der Waals surface area contributed by atoms with Crippen LogP contribution in [0.3, 0.4) is 0 Å². The highest BCUT2D eigenvalue weighted by molar-refractivity contribution is 5.79. The van der Waals surface area contributed by atoms with Crippen LogP contribution in [-0.4, -0.2) is 75.3 Å². The van der Waals surface area contributed by atoms with Gasteiger partial charge >= 0.3 is 0 Å². The van der Waals surface area contributed by atoms with E-state index in [2.05, 4.69) is 36.0 Å². The molecule has 1 atom stereocenters. The highest BCUT2D eigenvalue weighted by Gasteiger charge is 2.22. The number of nitrogens with zero attached hydrogens (tertiary/aromatic N) is 3. The summed E-state index contributed by atoms with van der Waals surface area (Å²) in [6.07, 6.45) is 5.26. The second-order valence-corrected chi connectivity index (χ2v) is 7.09. The maximum absolute atomic E-state index is 5.74. The van der Waals surface area contributed by atoms with Crippen LogP contribution in [0.5, 0.6) is 0 Å². The van der Waals surface area contributed by atoms with Gasteiger partial charge in [0.2, 0.25) is 0 Å². The van der Waals surface area contributed by atoms with Crippen molar-refractivity contribution in [2.24, 2.45) is 16.8 Å². The molecule has 0 radical (unpaired) electrons. The maximum Gasteiger partial charge on any atom is 0.193 e. The molecule has 0 aromatic carbocycles. The molecule has 5 heteroatoms. The topological polar surface area (TPSA) is 40.1 Å². The number of ether oxygens (including phenoxy) is 1. The second-order valence-electron chi connectivity index (χ2n) is 7.09. The molecule has 5 nitrogen and oxygen atoms in total. The summed E-state index contributed by atoms with van der Waals surface area (Å²) in [6, 6.07) is 0. The normalized spacial score (nSPS) is 22.6. The van der Waals surface area contributed by atoms with Crippen molar-refractivity contribution in [3.8, 4) is 0 Å². The first kappa shape index (κ1) is 18.5. The van der Waals surface area contributed by atoms with E-state index in [1.54, 1.807) is 0 Å². The van der Waals surface area contributed by atoms with Crippen molar-refractivity contribution in [2.75, 3.05) is 59.5 Å². The number of aliphatic imine (C=N–C) groups is 1. The molecule has 23 heavy (non-hydrogen) atoms. The Balaban J connectivity index is 1.69. The zero-order valence-electron chi connectivity index (χ0n) is 15.4. The molecular weight excluding hydrogens is 288 g/mol. The smallest absolute Gasteiger partial charge is 0.193 e. The third-order valence-electron chi connectivity index (χ3n) is 4.73. The Morgan fingerprint density at radius 3 is 2.78 bits per heavy atom. The Labute approximate surface area is 142 Å². The summed E-state index contributed by atoms with van der Waals surface area (Å²) in [4.78, 5) is 9.64. The Morgan fingerprint density at radius 1 is 1.26 bits per heavy atom. The van der Waals surface area contributed by atoms with Crippen molar-refractivity contribution < 1.29 is 4.74 Å². The lowest BCUT2D eigenvalue weighted by atomic mass is 10.1. The number of nitrogens with one attached hydrogen (secondary N) is 1. The average molecular weight is 325 g/mol. The Kier molecular flexibility index (Phi) is 8.17. The molecule has 0 amide bonds. The van der Waals surface area contributed by atoms with E-state index in [9.17, 15) is 0 Å². The van der Waals surface area contributed by atoms with Gasteiger partial charge in [-0.2, -0.15) is 0 Å². The molecule has 1 heterocycles. The highest BCUT2D eigenvalue weighted by Crippen LogP contribution is 2.28. The molecule has 2 fully saturated rings. The van der Waals surface area contributed by atoms with Crippen LogP contribution in [-0.2, 0) is 4.74 Å². The molecule has 2 aliphatic rings. The molecule has 1 saturated carbocycles. The van der Waals surface area contributed by atoms with Crippen LogP contribution >= 0.6 is 0 Å². The number of hydrogen-bond donors (Lipinski definition) is 1. The molecule has 1 aliphatic carbocycles. The van der Waals surface area contributed by atoms with Gasteiger partial charge in [0.15, 0.2) is 5.96 Å². The van der Waals surface area contributed by atoms with E-state index in [0.717, 1.165) is 50.6 Å². The summed E-state index contributed by atoms with van der Waals surface area (Å²) in [6.45, 7) is 12.6. The van der Waals surface area contributed by atoms with Gasteiger partial charge in [-0.15, -0.1) is 0 Å². The third kappa shape index (κ3) is 7.08. The van der Waals surface area contributed by atoms with Crippen molar-refractivity contribution in [1.29, 1.82) is 0 Å². The molecule has 2 rings (SSSR count). The summed E-state index contributed by atoms with van der Waals surface area (Å²) in [7, 11) is 2.11. The zero-order chi connectivity index (χ0) is 16.5. The molecule has 0 aromatic heterocycles. The summed E-state index contributed by atoms with van der Waals surface area (Å²) in [5.41, 5.74) is 0. The van der Waals surface area contributed by atoms with E-state index in [1.807, 2.05) is 0 Å². The lowest BCUT2D eigenvalue weighted by Crippen LogP contribution is -2.41. The standard InChI is InChI=1S/C18H36N4O/c1-4-9-22-10-8-17(14-22)13-20-18(19-5-2)21(3)11-12-23-15-16-6-7-16/h16-17H,4-15H2,1-3H3,(H,19,20). The highest BCUT2D eigenvalue weighted by atomic mass is 16.5. The molecular formula is C18H36N4O. The first-order valence-electron chi connectivity index (χ1n) is 9.52. The molecule has 1 unspecified atom stereocenters. The van der Waals surface area contributed by atoms with Gasteiger partial charge in [0.1, 0.15) is 0 Å². The minimum atomic E-state index is 0.717. The van der Waals surface area contributed by atoms with Gasteiger partial charge in [-0.1, -0.05) is 6.92 Å². The predicted molar refractivity (Wildman–Crippen MR) is 97.0 cm³/mol. The van der Waals surface area contributed by atoms with Gasteiger partial charge in [-0.3, -0.25) is 4.99 Å². The van der Waals surface area contributed by atoms with E-state index >= 15 is 0 Å². The van der Waals surface area contributed by atoms with Crippen LogP contribution in [0.15, 0.2) is 4.99 Å². The quantitative estimate of drug-likeness (QED) is 0.379. The molecule has 0 spiro atoms. The van der Waals surface area contributed by atoms with Crippen molar-refractivity contribution in [3.63, 3.8) is 0 Å². The largest absolute Gasteiger partial charge is 0.379 e. The van der Waals surface area contributed by atoms with E-state index < -0.39 is 0 Å². The van der Waals surface area contributed by atoms with Crippen molar-refractivity contribution in [1.82, 2.24) is 15.1 Å². The van der Waals surface area contributed by atoms with Gasteiger partial charge in [-0.25, -0.2) is 0 Å². The molecule has 134 valence electrons. The van der Waals surface area contributed by atoms with E-state index in [-0.39, 0.29) is 0 Å². The van der Waals surface area contributed by atoms with Gasteiger partial charge in [0.25, 0.3) is 0 Å². The van der Waals surface area contributed by atoms with E-state index in [0.29, 0.717) is 0 Å². The summed E-state index contributed by atoms with van der Waals surface area (Å²) < 4.78 is 5.74. The molecule has 1 saturated heterocycles. The summed E-state index contributed by atoms with van der Waals surface area (Å²) >= 11 is 0. The minimum Gasteiger partial charge on any atom is -0.379 e. The molecule has 1 N–H and O–H groups in total. The van der Waals surface area contributed by atoms with E-state index in [4.69, 9.17) is 9.73 Å². The SMILES string of the molecule is CCCN1CCC(CN=C(NCC)N(C)CCOCC2CC2)C1. The van der Waals surface area contributed by atoms with Crippen LogP contribution in [0.2, 0.25) is 0 Å². The second kappa shape index (κ2) is 10.1. The van der Waals surface area contributed by atoms with E-state index in [1.165, 1.54) is 45.3 Å². The monoisotopic (exact) mass is 324 g/mol. The fourth-order valence-electron chi connectivity index (χ4n) is 3.11. The Bertz CT molecular complexity index is 357. The first-order valence-corrected chi connectivity index (χ1v) is 9.52. The van der Waals surface area contributed by atoms with Gasteiger partial charge < -0.3 is 19.9 Å². The molecule has 0 aromatic rings. The van der Waals surface area contributed by atoms with Crippen LogP contribution in [0, 0.1) is 11.8 Å². The van der Waals surface area contributed by atoms with Crippen molar-refractivity contribution >= 4 is 5.96 Å². The van der Waals surface area contributed by atoms with Crippen LogP contribution in [0.1, 0.15) is 39.5 Å². The number of rotatable bonds is 10. The number of likely N-dealkylation sites (N-methyl/N-ethyl adjacent to an activating group) is 1. The molecule has 0 bridgehead atoms. The fraction of sp³-hybridized carbons (Fsp3) is 0.944. The van der Waals surface area contributed by atoms with Crippen molar-refractivity contribution in [3.05, 3.63) is 0 Å². The first-order chi connectivity index (χ1) is 11.2. The zero-order valence-corrected chi connectivity index (χ0v) is 15.4. The summed E-state index contributed by atoms with van der Waals surface area (Å²) in [5.74, 6) is 2.59. The Morgan fingerprint density at radius 2 is 2.09 bits per heavy atom. The lowest BCUT2D eigenvalue weighted by molar-refractivity contribution is 0.115. The van der Waals surface area contributed by atoms with Gasteiger partial charge in [0, 0.05) is 39.8 Å². The number of hydrogen-bond acceptors (Lipinski definition) is 3. The van der Waals surface area contributed by atoms with Crippen LogP contribution in [0.25, 0.3) is 0 Å². The lowest BCUT2D eigenvalue weighted by Gasteiger charge is -2.22. The predicted octanol–water partition coefficient (Wildman–Crippen LogP) is 2.04. The number of guanidine groups is 1.